The van der Waals surface area contributed by atoms with E-state index >= 15 is 0 Å². The third-order valence-electron chi connectivity index (χ3n) is 2.88. The molecule has 0 atom stereocenters. The molecule has 0 radical (unpaired) electrons. The summed E-state index contributed by atoms with van der Waals surface area (Å²) in [4.78, 5) is 0.134. The van der Waals surface area contributed by atoms with Crippen LogP contribution in [0.15, 0.2) is 53.4 Å². The fourth-order valence-electron chi connectivity index (χ4n) is 1.91. The quantitative estimate of drug-likeness (QED) is 0.653. The van der Waals surface area contributed by atoms with Gasteiger partial charge in [0.15, 0.2) is 0 Å². The average Bonchev–Trinajstić information content (AvgIpc) is 2.43. The molecule has 0 aromatic heterocycles. The summed E-state index contributed by atoms with van der Waals surface area (Å²) in [5.74, 6) is 0.819. The summed E-state index contributed by atoms with van der Waals surface area (Å²) in [7, 11) is 1.65. The Labute approximate surface area is 129 Å². The van der Waals surface area contributed by atoms with Crippen molar-refractivity contribution in [2.24, 2.45) is 0 Å². The van der Waals surface area contributed by atoms with Crippen LogP contribution in [-0.4, -0.2) is 21.6 Å². The van der Waals surface area contributed by atoms with E-state index in [1.54, 1.807) is 19.1 Å². The molecule has 1 N–H and O–H groups in total. The molecule has 0 amide bonds. The predicted octanol–water partition coefficient (Wildman–Crippen LogP) is 3.41. The zero-order valence-corrected chi connectivity index (χ0v) is 13.1. The fourth-order valence-corrected chi connectivity index (χ4v) is 3.11. The van der Waals surface area contributed by atoms with E-state index in [0.29, 0.717) is 18.7 Å². The molecule has 0 spiro atoms. The SMILES string of the molecule is Cc1cc(NCCOc2ccccc2)ccc1S(=O)(=O)Cl. The van der Waals surface area contributed by atoms with Crippen LogP contribution in [0.25, 0.3) is 0 Å². The lowest BCUT2D eigenvalue weighted by Crippen LogP contribution is -2.11. The van der Waals surface area contributed by atoms with Crippen LogP contribution in [-0.2, 0) is 9.05 Å². The maximum atomic E-state index is 11.3. The van der Waals surface area contributed by atoms with Crippen molar-refractivity contribution in [2.45, 2.75) is 11.8 Å². The Hall–Kier alpha value is -1.72. The van der Waals surface area contributed by atoms with E-state index in [0.717, 1.165) is 11.4 Å². The fraction of sp³-hybridized carbons (Fsp3) is 0.200. The summed E-state index contributed by atoms with van der Waals surface area (Å²) in [5, 5.41) is 3.17. The van der Waals surface area contributed by atoms with E-state index in [1.165, 1.54) is 6.07 Å². The number of anilines is 1. The highest BCUT2D eigenvalue weighted by molar-refractivity contribution is 8.13. The van der Waals surface area contributed by atoms with Gasteiger partial charge in [-0.1, -0.05) is 18.2 Å². The Morgan fingerprint density at radius 2 is 1.86 bits per heavy atom. The molecule has 0 saturated heterocycles. The standard InChI is InChI=1S/C15H16ClNO3S/c1-12-11-13(7-8-15(12)21(16,18)19)17-9-10-20-14-5-3-2-4-6-14/h2-8,11,17H,9-10H2,1H3. The zero-order valence-electron chi connectivity index (χ0n) is 11.5. The van der Waals surface area contributed by atoms with Crippen molar-refractivity contribution in [1.82, 2.24) is 0 Å². The van der Waals surface area contributed by atoms with Crippen LogP contribution in [0, 0.1) is 6.92 Å². The van der Waals surface area contributed by atoms with E-state index in [9.17, 15) is 8.42 Å². The van der Waals surface area contributed by atoms with E-state index in [-0.39, 0.29) is 4.90 Å². The van der Waals surface area contributed by atoms with Crippen molar-refractivity contribution in [3.8, 4) is 5.75 Å². The van der Waals surface area contributed by atoms with Crippen LogP contribution in [0.2, 0.25) is 0 Å². The molecule has 0 aliphatic carbocycles. The summed E-state index contributed by atoms with van der Waals surface area (Å²) in [6, 6.07) is 14.5. The van der Waals surface area contributed by atoms with Crippen molar-refractivity contribution < 1.29 is 13.2 Å². The number of hydrogen-bond acceptors (Lipinski definition) is 4. The molecular formula is C15H16ClNO3S. The van der Waals surface area contributed by atoms with Gasteiger partial charge in [-0.05, 0) is 42.8 Å². The second-order valence-electron chi connectivity index (χ2n) is 4.51. The van der Waals surface area contributed by atoms with Crippen molar-refractivity contribution in [3.05, 3.63) is 54.1 Å². The van der Waals surface area contributed by atoms with Crippen LogP contribution in [0.1, 0.15) is 5.56 Å². The maximum Gasteiger partial charge on any atom is 0.261 e. The van der Waals surface area contributed by atoms with E-state index in [4.69, 9.17) is 15.4 Å². The number of benzene rings is 2. The van der Waals surface area contributed by atoms with Crippen LogP contribution < -0.4 is 10.1 Å². The van der Waals surface area contributed by atoms with Gasteiger partial charge < -0.3 is 10.1 Å². The van der Waals surface area contributed by atoms with E-state index in [2.05, 4.69) is 5.32 Å². The molecule has 21 heavy (non-hydrogen) atoms. The van der Waals surface area contributed by atoms with Gasteiger partial charge in [-0.2, -0.15) is 0 Å². The molecule has 0 fully saturated rings. The van der Waals surface area contributed by atoms with Gasteiger partial charge in [0.25, 0.3) is 9.05 Å². The van der Waals surface area contributed by atoms with Gasteiger partial charge in [-0.25, -0.2) is 8.42 Å². The number of aryl methyl sites for hydroxylation is 1. The van der Waals surface area contributed by atoms with Crippen LogP contribution >= 0.6 is 10.7 Å². The Morgan fingerprint density at radius 1 is 1.14 bits per heavy atom. The molecule has 112 valence electrons. The number of nitrogens with one attached hydrogen (secondary N) is 1. The molecular weight excluding hydrogens is 310 g/mol. The van der Waals surface area contributed by atoms with Crippen molar-refractivity contribution in [1.29, 1.82) is 0 Å². The summed E-state index contributed by atoms with van der Waals surface area (Å²) in [6.07, 6.45) is 0. The van der Waals surface area contributed by atoms with Gasteiger partial charge in [0.1, 0.15) is 12.4 Å². The molecule has 6 heteroatoms. The second-order valence-corrected chi connectivity index (χ2v) is 7.04. The Bertz CT molecular complexity index is 702. The normalized spacial score (nSPS) is 11.1. The van der Waals surface area contributed by atoms with Crippen molar-refractivity contribution in [3.63, 3.8) is 0 Å². The highest BCUT2D eigenvalue weighted by Crippen LogP contribution is 2.22. The van der Waals surface area contributed by atoms with Gasteiger partial charge in [0, 0.05) is 22.9 Å². The predicted molar refractivity (Wildman–Crippen MR) is 84.6 cm³/mol. The number of rotatable bonds is 6. The Kier molecular flexibility index (Phi) is 5.09. The third-order valence-corrected chi connectivity index (χ3v) is 4.36. The third kappa shape index (κ3) is 4.65. The van der Waals surface area contributed by atoms with Gasteiger partial charge >= 0.3 is 0 Å². The topological polar surface area (TPSA) is 55.4 Å². The molecule has 2 aromatic carbocycles. The first-order valence-corrected chi connectivity index (χ1v) is 8.75. The molecule has 4 nitrogen and oxygen atoms in total. The van der Waals surface area contributed by atoms with Crippen molar-refractivity contribution >= 4 is 25.4 Å². The Balaban J connectivity index is 1.88. The first-order valence-electron chi connectivity index (χ1n) is 6.44. The highest BCUT2D eigenvalue weighted by Gasteiger charge is 2.13. The van der Waals surface area contributed by atoms with Crippen molar-refractivity contribution in [2.75, 3.05) is 18.5 Å². The van der Waals surface area contributed by atoms with Gasteiger partial charge in [0.2, 0.25) is 0 Å². The minimum absolute atomic E-state index is 0.134. The molecule has 0 bridgehead atoms. The molecule has 2 rings (SSSR count). The molecule has 0 aliphatic heterocycles. The minimum atomic E-state index is -3.69. The number of ether oxygens (including phenoxy) is 1. The van der Waals surface area contributed by atoms with Crippen LogP contribution in [0.4, 0.5) is 5.69 Å². The van der Waals surface area contributed by atoms with Gasteiger partial charge in [-0.15, -0.1) is 0 Å². The summed E-state index contributed by atoms with van der Waals surface area (Å²) >= 11 is 0. The first-order chi connectivity index (χ1) is 9.97. The molecule has 2 aromatic rings. The summed E-state index contributed by atoms with van der Waals surface area (Å²) in [5.41, 5.74) is 1.44. The molecule has 0 heterocycles. The lowest BCUT2D eigenvalue weighted by atomic mass is 10.2. The average molecular weight is 326 g/mol. The van der Waals surface area contributed by atoms with Crippen LogP contribution in [0.5, 0.6) is 5.75 Å². The largest absolute Gasteiger partial charge is 0.492 e. The number of halogens is 1. The zero-order chi connectivity index (χ0) is 15.3. The van der Waals surface area contributed by atoms with E-state index < -0.39 is 9.05 Å². The maximum absolute atomic E-state index is 11.3. The molecule has 0 unspecified atom stereocenters. The first kappa shape index (κ1) is 15.7. The monoisotopic (exact) mass is 325 g/mol. The second kappa shape index (κ2) is 6.83. The van der Waals surface area contributed by atoms with Gasteiger partial charge in [-0.3, -0.25) is 0 Å². The van der Waals surface area contributed by atoms with Gasteiger partial charge in [0.05, 0.1) is 4.90 Å². The summed E-state index contributed by atoms with van der Waals surface area (Å²) in [6.45, 7) is 2.83. The lowest BCUT2D eigenvalue weighted by molar-refractivity contribution is 0.333. The molecule has 0 aliphatic rings. The Morgan fingerprint density at radius 3 is 2.48 bits per heavy atom. The number of para-hydroxylation sites is 1. The number of hydrogen-bond donors (Lipinski definition) is 1. The minimum Gasteiger partial charge on any atom is -0.492 e. The lowest BCUT2D eigenvalue weighted by Gasteiger charge is -2.10. The highest BCUT2D eigenvalue weighted by atomic mass is 35.7. The smallest absolute Gasteiger partial charge is 0.261 e. The van der Waals surface area contributed by atoms with Crippen LogP contribution in [0.3, 0.4) is 0 Å². The van der Waals surface area contributed by atoms with E-state index in [1.807, 2.05) is 30.3 Å². The summed E-state index contributed by atoms with van der Waals surface area (Å²) < 4.78 is 28.2. The molecule has 0 saturated carbocycles.